The Bertz CT molecular complexity index is 274. The molecular formula is C8H16ClF2NO3S. The quantitative estimate of drug-likeness (QED) is 0.470. The van der Waals surface area contributed by atoms with Crippen molar-refractivity contribution in [3.8, 4) is 0 Å². The van der Waals surface area contributed by atoms with Gasteiger partial charge >= 0.3 is 0 Å². The molecule has 4 nitrogen and oxygen atoms in total. The highest BCUT2D eigenvalue weighted by Gasteiger charge is 2.24. The van der Waals surface area contributed by atoms with Crippen LogP contribution in [0.4, 0.5) is 8.78 Å². The van der Waals surface area contributed by atoms with Crippen molar-refractivity contribution in [3.05, 3.63) is 0 Å². The van der Waals surface area contributed by atoms with Crippen LogP contribution in [-0.2, 0) is 14.8 Å². The molecule has 0 amide bonds. The van der Waals surface area contributed by atoms with E-state index in [9.17, 15) is 17.2 Å². The molecule has 0 aliphatic rings. The Labute approximate surface area is 99.6 Å². The lowest BCUT2D eigenvalue weighted by atomic mass is 10.6. The van der Waals surface area contributed by atoms with E-state index >= 15 is 0 Å². The minimum absolute atomic E-state index is 0.000850. The minimum Gasteiger partial charge on any atom is -0.381 e. The van der Waals surface area contributed by atoms with Crippen molar-refractivity contribution in [1.82, 2.24) is 4.31 Å². The van der Waals surface area contributed by atoms with Gasteiger partial charge in [-0.05, 0) is 6.92 Å². The molecular weight excluding hydrogens is 264 g/mol. The maximum absolute atomic E-state index is 12.1. The van der Waals surface area contributed by atoms with Crippen molar-refractivity contribution >= 4 is 21.6 Å². The van der Waals surface area contributed by atoms with Crippen LogP contribution in [0.25, 0.3) is 0 Å². The van der Waals surface area contributed by atoms with E-state index in [-0.39, 0.29) is 24.8 Å². The van der Waals surface area contributed by atoms with Gasteiger partial charge in [0.15, 0.2) is 0 Å². The standard InChI is InChI=1S/C8H16ClF2NO3S/c1-2-15-5-6-16(13,14)12(4-3-9)7-8(10)11/h8H,2-7H2,1H3. The molecule has 0 aliphatic carbocycles. The first-order valence-corrected chi connectivity index (χ1v) is 6.98. The van der Waals surface area contributed by atoms with Gasteiger partial charge in [0.1, 0.15) is 0 Å². The number of halogens is 3. The smallest absolute Gasteiger partial charge is 0.252 e. The van der Waals surface area contributed by atoms with Crippen LogP contribution in [0.3, 0.4) is 0 Å². The summed E-state index contributed by atoms with van der Waals surface area (Å²) in [6.45, 7) is 1.19. The molecule has 0 heterocycles. The van der Waals surface area contributed by atoms with Crippen molar-refractivity contribution < 1.29 is 21.9 Å². The molecule has 0 saturated carbocycles. The van der Waals surface area contributed by atoms with Gasteiger partial charge in [0, 0.05) is 19.0 Å². The minimum atomic E-state index is -3.71. The van der Waals surface area contributed by atoms with E-state index in [2.05, 4.69) is 0 Å². The van der Waals surface area contributed by atoms with Gasteiger partial charge in [-0.25, -0.2) is 17.2 Å². The average molecular weight is 280 g/mol. The number of sulfonamides is 1. The summed E-state index contributed by atoms with van der Waals surface area (Å²) in [5.74, 6) is -0.314. The highest BCUT2D eigenvalue weighted by Crippen LogP contribution is 2.06. The molecule has 0 aromatic carbocycles. The molecule has 0 aromatic heterocycles. The largest absolute Gasteiger partial charge is 0.381 e. The first-order chi connectivity index (χ1) is 7.44. The van der Waals surface area contributed by atoms with Crippen molar-refractivity contribution in [3.63, 3.8) is 0 Å². The summed E-state index contributed by atoms with van der Waals surface area (Å²) in [4.78, 5) is 0. The molecule has 0 aromatic rings. The van der Waals surface area contributed by atoms with Gasteiger partial charge in [-0.3, -0.25) is 0 Å². The third kappa shape index (κ3) is 6.57. The van der Waals surface area contributed by atoms with Gasteiger partial charge in [0.25, 0.3) is 6.43 Å². The molecule has 16 heavy (non-hydrogen) atoms. The Balaban J connectivity index is 4.37. The molecule has 0 bridgehead atoms. The maximum Gasteiger partial charge on any atom is 0.252 e. The molecule has 0 aliphatic heterocycles. The van der Waals surface area contributed by atoms with E-state index in [1.807, 2.05) is 0 Å². The molecule has 0 saturated heterocycles. The van der Waals surface area contributed by atoms with Crippen LogP contribution in [0.15, 0.2) is 0 Å². The zero-order valence-corrected chi connectivity index (χ0v) is 10.6. The molecule has 0 rings (SSSR count). The lowest BCUT2D eigenvalue weighted by Gasteiger charge is -2.20. The van der Waals surface area contributed by atoms with Gasteiger partial charge in [-0.1, -0.05) is 0 Å². The third-order valence-corrected chi connectivity index (χ3v) is 3.73. The molecule has 0 spiro atoms. The molecule has 0 radical (unpaired) electrons. The number of rotatable bonds is 9. The number of ether oxygens (including phenoxy) is 1. The van der Waals surface area contributed by atoms with Crippen LogP contribution in [0.1, 0.15) is 6.92 Å². The van der Waals surface area contributed by atoms with E-state index in [1.165, 1.54) is 0 Å². The molecule has 0 unspecified atom stereocenters. The van der Waals surface area contributed by atoms with Crippen LogP contribution in [0.5, 0.6) is 0 Å². The Morgan fingerprint density at radius 1 is 1.44 bits per heavy atom. The molecule has 0 atom stereocenters. The van der Waals surface area contributed by atoms with E-state index < -0.39 is 23.0 Å². The van der Waals surface area contributed by atoms with Gasteiger partial charge in [-0.15, -0.1) is 11.6 Å². The molecule has 8 heteroatoms. The summed E-state index contributed by atoms with van der Waals surface area (Å²) in [5.41, 5.74) is 0. The van der Waals surface area contributed by atoms with Crippen molar-refractivity contribution in [1.29, 1.82) is 0 Å². The number of hydrogen-bond acceptors (Lipinski definition) is 3. The second-order valence-electron chi connectivity index (χ2n) is 2.95. The summed E-state index contributed by atoms with van der Waals surface area (Å²) < 4.78 is 53.0. The van der Waals surface area contributed by atoms with E-state index in [0.29, 0.717) is 10.9 Å². The highest BCUT2D eigenvalue weighted by molar-refractivity contribution is 7.89. The van der Waals surface area contributed by atoms with Crippen LogP contribution < -0.4 is 0 Å². The van der Waals surface area contributed by atoms with E-state index in [1.54, 1.807) is 6.92 Å². The van der Waals surface area contributed by atoms with Gasteiger partial charge in [0.2, 0.25) is 10.0 Å². The summed E-state index contributed by atoms with van der Waals surface area (Å²) >= 11 is 5.36. The van der Waals surface area contributed by atoms with Crippen LogP contribution >= 0.6 is 11.6 Å². The summed E-state index contributed by atoms with van der Waals surface area (Å²) in [6, 6.07) is 0. The van der Waals surface area contributed by atoms with Crippen molar-refractivity contribution in [2.45, 2.75) is 13.3 Å². The fourth-order valence-electron chi connectivity index (χ4n) is 1.03. The SMILES string of the molecule is CCOCCS(=O)(=O)N(CCCl)CC(F)F. The molecule has 0 N–H and O–H groups in total. The summed E-state index contributed by atoms with van der Waals surface area (Å²) in [6.07, 6.45) is -2.70. The first kappa shape index (κ1) is 16.0. The normalized spacial score (nSPS) is 12.6. The topological polar surface area (TPSA) is 46.6 Å². The monoisotopic (exact) mass is 279 g/mol. The first-order valence-electron chi connectivity index (χ1n) is 4.83. The second-order valence-corrected chi connectivity index (χ2v) is 5.42. The number of hydrogen-bond donors (Lipinski definition) is 0. The Morgan fingerprint density at radius 2 is 2.06 bits per heavy atom. The Kier molecular flexibility index (Phi) is 8.17. The Morgan fingerprint density at radius 3 is 2.50 bits per heavy atom. The third-order valence-electron chi connectivity index (χ3n) is 1.76. The van der Waals surface area contributed by atoms with Gasteiger partial charge in [0.05, 0.1) is 18.9 Å². The molecule has 0 fully saturated rings. The van der Waals surface area contributed by atoms with E-state index in [0.717, 1.165) is 0 Å². The number of nitrogens with zero attached hydrogens (tertiary/aromatic N) is 1. The van der Waals surface area contributed by atoms with Crippen LogP contribution in [0, 0.1) is 0 Å². The van der Waals surface area contributed by atoms with Gasteiger partial charge < -0.3 is 4.74 Å². The zero-order chi connectivity index (χ0) is 12.6. The lowest BCUT2D eigenvalue weighted by Crippen LogP contribution is -2.39. The predicted molar refractivity (Wildman–Crippen MR) is 58.6 cm³/mol. The van der Waals surface area contributed by atoms with Gasteiger partial charge in [-0.2, -0.15) is 4.31 Å². The second kappa shape index (κ2) is 8.16. The highest BCUT2D eigenvalue weighted by atomic mass is 35.5. The van der Waals surface area contributed by atoms with Crippen molar-refractivity contribution in [2.75, 3.05) is 37.9 Å². The average Bonchev–Trinajstić information content (AvgIpc) is 2.16. The number of alkyl halides is 3. The molecule has 98 valence electrons. The lowest BCUT2D eigenvalue weighted by molar-refractivity contribution is 0.120. The van der Waals surface area contributed by atoms with Crippen LogP contribution in [-0.4, -0.2) is 57.1 Å². The van der Waals surface area contributed by atoms with Crippen molar-refractivity contribution in [2.24, 2.45) is 0 Å². The predicted octanol–water partition coefficient (Wildman–Crippen LogP) is 1.16. The summed E-state index contributed by atoms with van der Waals surface area (Å²) in [5, 5.41) is 0. The maximum atomic E-state index is 12.1. The summed E-state index contributed by atoms with van der Waals surface area (Å²) in [7, 11) is -3.71. The fourth-order valence-corrected chi connectivity index (χ4v) is 2.63. The Hall–Kier alpha value is 0.0200. The van der Waals surface area contributed by atoms with E-state index in [4.69, 9.17) is 16.3 Å². The fraction of sp³-hybridized carbons (Fsp3) is 1.00. The zero-order valence-electron chi connectivity index (χ0n) is 9.03. The van der Waals surface area contributed by atoms with Crippen LogP contribution in [0.2, 0.25) is 0 Å².